The molecule has 0 aromatic heterocycles. The van der Waals surface area contributed by atoms with Crippen molar-refractivity contribution < 1.29 is 57.1 Å². The maximum Gasteiger partial charge on any atom is 0.354 e. The van der Waals surface area contributed by atoms with Crippen molar-refractivity contribution in [1.82, 2.24) is 0 Å². The molecule has 0 amide bonds. The van der Waals surface area contributed by atoms with E-state index in [1.54, 1.807) is 109 Å². The van der Waals surface area contributed by atoms with Crippen molar-refractivity contribution in [2.75, 3.05) is 26.4 Å². The smallest absolute Gasteiger partial charge is 0.354 e. The number of fused-ring (bicyclic) bond motifs is 1. The number of carbonyl (C=O) groups excluding carboxylic acids is 4. The molecule has 0 unspecified atom stereocenters. The lowest BCUT2D eigenvalue weighted by molar-refractivity contribution is -0.157. The third kappa shape index (κ3) is 10.4. The quantitative estimate of drug-likeness (QED) is 0.0739. The average molecular weight is 757 g/mol. The van der Waals surface area contributed by atoms with Crippen LogP contribution in [0.2, 0.25) is 0 Å². The minimum absolute atomic E-state index is 0.0267. The predicted octanol–water partition coefficient (Wildman–Crippen LogP) is 4.79. The molecule has 6 rings (SSSR count). The van der Waals surface area contributed by atoms with Gasteiger partial charge in [-0.25, -0.2) is 19.2 Å². The van der Waals surface area contributed by atoms with Gasteiger partial charge in [-0.2, -0.15) is 10.5 Å². The van der Waals surface area contributed by atoms with E-state index in [-0.39, 0.29) is 24.4 Å². The molecule has 2 fully saturated rings. The predicted molar refractivity (Wildman–Crippen MR) is 194 cm³/mol. The van der Waals surface area contributed by atoms with E-state index in [1.165, 1.54) is 12.2 Å². The Balaban J connectivity index is 0.910. The third-order valence-electron chi connectivity index (χ3n) is 8.21. The fraction of sp³-hybridized carbons (Fsp3) is 0.190. The second kappa shape index (κ2) is 18.7. The SMILES string of the molecule is N#C/C(=C\c1ccc(OCC(=O)O[C@@H]2CO[C@H]3[C@@H]2OC[C@H]3OC(=O)COc2ccc(/C=C(\C#N)C(=O)Oc3ccccc3)cc2)cc1)C(=O)Oc1ccccc1. The summed E-state index contributed by atoms with van der Waals surface area (Å²) in [5.74, 6) is -1.61. The molecule has 4 aromatic rings. The summed E-state index contributed by atoms with van der Waals surface area (Å²) in [6, 6.07) is 33.2. The molecule has 0 bridgehead atoms. The molecule has 0 N–H and O–H groups in total. The molecule has 0 spiro atoms. The third-order valence-corrected chi connectivity index (χ3v) is 8.21. The minimum Gasteiger partial charge on any atom is -0.482 e. The highest BCUT2D eigenvalue weighted by Gasteiger charge is 2.51. The molecule has 282 valence electrons. The van der Waals surface area contributed by atoms with Gasteiger partial charge in [-0.1, -0.05) is 60.7 Å². The molecule has 2 aliphatic heterocycles. The van der Waals surface area contributed by atoms with Crippen LogP contribution in [0.25, 0.3) is 12.2 Å². The van der Waals surface area contributed by atoms with Crippen molar-refractivity contribution in [2.45, 2.75) is 24.4 Å². The minimum atomic E-state index is -0.794. The van der Waals surface area contributed by atoms with Crippen molar-refractivity contribution in [3.05, 3.63) is 131 Å². The number of rotatable bonds is 14. The van der Waals surface area contributed by atoms with Crippen LogP contribution in [0, 0.1) is 22.7 Å². The number of para-hydroxylation sites is 2. The van der Waals surface area contributed by atoms with Crippen LogP contribution in [0.1, 0.15) is 11.1 Å². The highest BCUT2D eigenvalue weighted by molar-refractivity contribution is 5.99. The van der Waals surface area contributed by atoms with Gasteiger partial charge in [0.15, 0.2) is 25.4 Å². The molecule has 0 radical (unpaired) electrons. The molecule has 4 aromatic carbocycles. The van der Waals surface area contributed by atoms with Crippen molar-refractivity contribution in [3.63, 3.8) is 0 Å². The van der Waals surface area contributed by atoms with Gasteiger partial charge in [0, 0.05) is 0 Å². The Labute approximate surface area is 320 Å². The molecule has 14 heteroatoms. The zero-order chi connectivity index (χ0) is 39.3. The van der Waals surface area contributed by atoms with Crippen LogP contribution in [-0.2, 0) is 38.1 Å². The summed E-state index contributed by atoms with van der Waals surface area (Å²) in [6.07, 6.45) is -0.0658. The first-order valence-corrected chi connectivity index (χ1v) is 17.1. The second-order valence-corrected chi connectivity index (χ2v) is 12.1. The summed E-state index contributed by atoms with van der Waals surface area (Å²) in [5.41, 5.74) is 0.682. The van der Waals surface area contributed by atoms with Gasteiger partial charge in [0.1, 0.15) is 58.5 Å². The Hall–Kier alpha value is -7.26. The van der Waals surface area contributed by atoms with E-state index in [1.807, 2.05) is 12.1 Å². The maximum absolute atomic E-state index is 12.6. The molecule has 0 aliphatic carbocycles. The number of hydrogen-bond donors (Lipinski definition) is 0. The molecule has 2 saturated heterocycles. The fourth-order valence-electron chi connectivity index (χ4n) is 5.55. The van der Waals surface area contributed by atoms with Gasteiger partial charge in [0.25, 0.3) is 0 Å². The van der Waals surface area contributed by atoms with Gasteiger partial charge in [-0.15, -0.1) is 0 Å². The first kappa shape index (κ1) is 38.5. The number of benzene rings is 4. The highest BCUT2D eigenvalue weighted by atomic mass is 16.7. The first-order valence-electron chi connectivity index (χ1n) is 17.1. The number of nitrogens with zero attached hydrogens (tertiary/aromatic N) is 2. The normalized spacial score (nSPS) is 18.7. The van der Waals surface area contributed by atoms with Crippen molar-refractivity contribution in [1.29, 1.82) is 10.5 Å². The molecular formula is C42H32N2O12. The number of ether oxygens (including phenoxy) is 8. The summed E-state index contributed by atoms with van der Waals surface area (Å²) < 4.78 is 44.1. The second-order valence-electron chi connectivity index (χ2n) is 12.1. The van der Waals surface area contributed by atoms with E-state index in [2.05, 4.69) is 0 Å². The zero-order valence-electron chi connectivity index (χ0n) is 29.5. The van der Waals surface area contributed by atoms with Gasteiger partial charge in [0.2, 0.25) is 0 Å². The summed E-state index contributed by atoms with van der Waals surface area (Å²) >= 11 is 0. The molecule has 2 aliphatic rings. The van der Waals surface area contributed by atoms with E-state index in [0.717, 1.165) is 0 Å². The van der Waals surface area contributed by atoms with Crippen molar-refractivity contribution in [2.24, 2.45) is 0 Å². The highest BCUT2D eigenvalue weighted by Crippen LogP contribution is 2.31. The Morgan fingerprint density at radius 1 is 0.554 bits per heavy atom. The Kier molecular flexibility index (Phi) is 12.8. The van der Waals surface area contributed by atoms with Gasteiger partial charge >= 0.3 is 23.9 Å². The average Bonchev–Trinajstić information content (AvgIpc) is 3.81. The summed E-state index contributed by atoms with van der Waals surface area (Å²) in [4.78, 5) is 50.0. The van der Waals surface area contributed by atoms with Crippen LogP contribution in [0.15, 0.2) is 120 Å². The summed E-state index contributed by atoms with van der Waals surface area (Å²) in [7, 11) is 0. The van der Waals surface area contributed by atoms with Crippen LogP contribution in [0.4, 0.5) is 0 Å². The Bertz CT molecular complexity index is 2020. The molecular weight excluding hydrogens is 724 g/mol. The van der Waals surface area contributed by atoms with E-state index < -0.39 is 61.5 Å². The fourth-order valence-corrected chi connectivity index (χ4v) is 5.55. The Morgan fingerprint density at radius 3 is 1.29 bits per heavy atom. The van der Waals surface area contributed by atoms with Crippen molar-refractivity contribution in [3.8, 4) is 35.1 Å². The van der Waals surface area contributed by atoms with Gasteiger partial charge in [-0.05, 0) is 71.8 Å². The summed E-state index contributed by atoms with van der Waals surface area (Å²) in [6.45, 7) is -0.774. The number of hydrogen-bond acceptors (Lipinski definition) is 14. The number of nitriles is 2. The number of esters is 4. The molecule has 56 heavy (non-hydrogen) atoms. The standard InChI is InChI=1S/C42H32N2O12/c43-21-29(41(47)53-33-7-3-1-4-8-33)19-27-11-15-31(16-12-27)49-25-37(45)55-35-23-51-40-36(24-52-39(35)40)56-38(46)26-50-32-17-13-28(14-18-32)20-30(22-44)42(48)54-34-9-5-2-6-10-34/h1-20,35-36,39-40H,23-26H2/b29-19+,30-20+/t35-,36-,39-,40-/m1/s1. The lowest BCUT2D eigenvalue weighted by Gasteiger charge is -2.17. The first-order chi connectivity index (χ1) is 27.3. The molecule has 14 nitrogen and oxygen atoms in total. The van der Waals surface area contributed by atoms with E-state index in [0.29, 0.717) is 34.1 Å². The van der Waals surface area contributed by atoms with Gasteiger partial charge < -0.3 is 37.9 Å². The van der Waals surface area contributed by atoms with Crippen LogP contribution in [0.5, 0.6) is 23.0 Å². The van der Waals surface area contributed by atoms with Gasteiger partial charge in [0.05, 0.1) is 13.2 Å². The Morgan fingerprint density at radius 2 is 0.929 bits per heavy atom. The molecule has 2 heterocycles. The van der Waals surface area contributed by atoms with Crippen LogP contribution in [-0.4, -0.2) is 74.7 Å². The maximum atomic E-state index is 12.6. The lowest BCUT2D eigenvalue weighted by Crippen LogP contribution is -2.37. The van der Waals surface area contributed by atoms with Crippen molar-refractivity contribution >= 4 is 36.0 Å². The van der Waals surface area contributed by atoms with E-state index in [9.17, 15) is 29.7 Å². The molecule has 4 atom stereocenters. The zero-order valence-corrected chi connectivity index (χ0v) is 29.5. The molecule has 0 saturated carbocycles. The largest absolute Gasteiger partial charge is 0.482 e. The van der Waals surface area contributed by atoms with Crippen LogP contribution >= 0.6 is 0 Å². The summed E-state index contributed by atoms with van der Waals surface area (Å²) in [5, 5.41) is 18.9. The van der Waals surface area contributed by atoms with Crippen LogP contribution < -0.4 is 18.9 Å². The number of carbonyl (C=O) groups is 4. The lowest BCUT2D eigenvalue weighted by atomic mass is 10.1. The monoisotopic (exact) mass is 756 g/mol. The van der Waals surface area contributed by atoms with Gasteiger partial charge in [-0.3, -0.25) is 0 Å². The van der Waals surface area contributed by atoms with E-state index in [4.69, 9.17) is 37.9 Å². The topological polar surface area (TPSA) is 190 Å². The van der Waals surface area contributed by atoms with Crippen LogP contribution in [0.3, 0.4) is 0 Å². The van der Waals surface area contributed by atoms with E-state index >= 15 is 0 Å².